The van der Waals surface area contributed by atoms with Gasteiger partial charge in [0.15, 0.2) is 0 Å². The Balaban J connectivity index is 1.67. The number of aliphatic hydroxyl groups excluding tert-OH is 1. The van der Waals surface area contributed by atoms with Crippen LogP contribution in [0.1, 0.15) is 32.3 Å². The first kappa shape index (κ1) is 18.3. The largest absolute Gasteiger partial charge is 0.396 e. The Labute approximate surface area is 151 Å². The number of fused-ring (bicyclic) bond motifs is 1. The Morgan fingerprint density at radius 2 is 2.04 bits per heavy atom. The average Bonchev–Trinajstić information content (AvgIpc) is 2.61. The van der Waals surface area contributed by atoms with Crippen molar-refractivity contribution in [3.8, 4) is 0 Å². The second kappa shape index (κ2) is 8.75. The molecular weight excluding hydrogens is 310 g/mol. The van der Waals surface area contributed by atoms with E-state index in [0.717, 1.165) is 50.6 Å². The summed E-state index contributed by atoms with van der Waals surface area (Å²) in [7, 11) is 0. The molecule has 1 N–H and O–H groups in total. The first-order chi connectivity index (χ1) is 12.2. The van der Waals surface area contributed by atoms with Gasteiger partial charge in [-0.1, -0.05) is 38.1 Å². The van der Waals surface area contributed by atoms with Gasteiger partial charge in [0.1, 0.15) is 0 Å². The van der Waals surface area contributed by atoms with Crippen molar-refractivity contribution in [2.45, 2.75) is 39.3 Å². The number of aliphatic hydroxyl groups is 1. The second-order valence-corrected chi connectivity index (χ2v) is 7.61. The van der Waals surface area contributed by atoms with Crippen molar-refractivity contribution in [1.29, 1.82) is 0 Å². The summed E-state index contributed by atoms with van der Waals surface area (Å²) in [6.07, 6.45) is 3.97. The highest BCUT2D eigenvalue weighted by atomic mass is 16.3. The predicted molar refractivity (Wildman–Crippen MR) is 104 cm³/mol. The van der Waals surface area contributed by atoms with Crippen molar-refractivity contribution in [2.24, 2.45) is 5.92 Å². The van der Waals surface area contributed by atoms with Crippen molar-refractivity contribution in [3.05, 3.63) is 42.1 Å². The van der Waals surface area contributed by atoms with Crippen LogP contribution in [0, 0.1) is 5.92 Å². The summed E-state index contributed by atoms with van der Waals surface area (Å²) in [5, 5.41) is 10.7. The molecule has 25 heavy (non-hydrogen) atoms. The lowest BCUT2D eigenvalue weighted by Gasteiger charge is -2.41. The van der Waals surface area contributed by atoms with Gasteiger partial charge in [0.2, 0.25) is 0 Å². The molecule has 1 fully saturated rings. The third-order valence-corrected chi connectivity index (χ3v) is 5.26. The molecule has 0 amide bonds. The predicted octanol–water partition coefficient (Wildman–Crippen LogP) is 3.15. The number of nitrogens with zero attached hydrogens (tertiary/aromatic N) is 3. The summed E-state index contributed by atoms with van der Waals surface area (Å²) < 4.78 is 0. The molecule has 0 aliphatic carbocycles. The normalized spacial score (nSPS) is 19.8. The molecule has 3 rings (SSSR count). The van der Waals surface area contributed by atoms with Gasteiger partial charge >= 0.3 is 0 Å². The maximum absolute atomic E-state index is 9.48. The van der Waals surface area contributed by atoms with Crippen molar-refractivity contribution in [2.75, 3.05) is 32.8 Å². The van der Waals surface area contributed by atoms with E-state index in [-0.39, 0.29) is 6.61 Å². The van der Waals surface area contributed by atoms with Crippen molar-refractivity contribution < 1.29 is 5.11 Å². The average molecular weight is 341 g/mol. The number of aromatic nitrogens is 1. The minimum atomic E-state index is 0.270. The molecule has 1 aromatic heterocycles. The van der Waals surface area contributed by atoms with Crippen molar-refractivity contribution >= 4 is 10.9 Å². The molecule has 0 saturated carbocycles. The smallest absolute Gasteiger partial charge is 0.0746 e. The molecule has 1 aromatic carbocycles. The van der Waals surface area contributed by atoms with Gasteiger partial charge in [-0.3, -0.25) is 14.8 Å². The fraction of sp³-hybridized carbons (Fsp3) is 0.571. The fourth-order valence-electron chi connectivity index (χ4n) is 3.78. The summed E-state index contributed by atoms with van der Waals surface area (Å²) in [4.78, 5) is 9.69. The quantitative estimate of drug-likeness (QED) is 0.840. The molecule has 2 heterocycles. The molecule has 1 aliphatic rings. The molecule has 1 atom stereocenters. The summed E-state index contributed by atoms with van der Waals surface area (Å²) in [5.41, 5.74) is 2.42. The number of pyridine rings is 1. The third-order valence-electron chi connectivity index (χ3n) is 5.26. The van der Waals surface area contributed by atoms with Crippen LogP contribution in [0.2, 0.25) is 0 Å². The minimum absolute atomic E-state index is 0.270. The van der Waals surface area contributed by atoms with Gasteiger partial charge in [-0.15, -0.1) is 0 Å². The van der Waals surface area contributed by atoms with E-state index in [0.29, 0.717) is 6.04 Å². The number of hydrogen-bond acceptors (Lipinski definition) is 4. The van der Waals surface area contributed by atoms with Gasteiger partial charge in [0, 0.05) is 50.4 Å². The van der Waals surface area contributed by atoms with Crippen LogP contribution in [-0.2, 0) is 6.54 Å². The number of piperazine rings is 1. The van der Waals surface area contributed by atoms with Crippen LogP contribution in [0.25, 0.3) is 10.9 Å². The topological polar surface area (TPSA) is 39.6 Å². The molecule has 4 heteroatoms. The number of hydrogen-bond donors (Lipinski definition) is 1. The van der Waals surface area contributed by atoms with Crippen LogP contribution in [0.3, 0.4) is 0 Å². The van der Waals surface area contributed by atoms with Crippen molar-refractivity contribution in [3.63, 3.8) is 0 Å². The zero-order valence-corrected chi connectivity index (χ0v) is 15.6. The molecular formula is C21H31N3O. The summed E-state index contributed by atoms with van der Waals surface area (Å²) in [5.74, 6) is 0.731. The molecule has 0 unspecified atom stereocenters. The third kappa shape index (κ3) is 4.78. The van der Waals surface area contributed by atoms with Crippen LogP contribution in [0.4, 0.5) is 0 Å². The second-order valence-electron chi connectivity index (χ2n) is 7.61. The van der Waals surface area contributed by atoms with E-state index in [1.54, 1.807) is 0 Å². The summed E-state index contributed by atoms with van der Waals surface area (Å²) in [6.45, 7) is 10.1. The molecule has 1 saturated heterocycles. The van der Waals surface area contributed by atoms with Gasteiger partial charge < -0.3 is 5.11 Å². The maximum atomic E-state index is 9.48. The van der Waals surface area contributed by atoms with Crippen LogP contribution in [-0.4, -0.2) is 58.7 Å². The first-order valence-electron chi connectivity index (χ1n) is 9.57. The monoisotopic (exact) mass is 341 g/mol. The molecule has 0 bridgehead atoms. The highest BCUT2D eigenvalue weighted by Crippen LogP contribution is 2.21. The maximum Gasteiger partial charge on any atom is 0.0746 e. The van der Waals surface area contributed by atoms with Gasteiger partial charge in [0.25, 0.3) is 0 Å². The van der Waals surface area contributed by atoms with E-state index in [9.17, 15) is 5.11 Å². The van der Waals surface area contributed by atoms with Crippen LogP contribution in [0.5, 0.6) is 0 Å². The van der Waals surface area contributed by atoms with Crippen LogP contribution < -0.4 is 0 Å². The molecule has 0 spiro atoms. The first-order valence-corrected chi connectivity index (χ1v) is 9.57. The zero-order valence-electron chi connectivity index (χ0n) is 15.6. The Bertz CT molecular complexity index is 668. The highest BCUT2D eigenvalue weighted by molar-refractivity contribution is 5.81. The number of benzene rings is 1. The van der Waals surface area contributed by atoms with Crippen molar-refractivity contribution in [1.82, 2.24) is 14.8 Å². The molecule has 136 valence electrons. The van der Waals surface area contributed by atoms with E-state index in [4.69, 9.17) is 0 Å². The lowest BCUT2D eigenvalue weighted by atomic mass is 10.0. The zero-order chi connectivity index (χ0) is 17.6. The van der Waals surface area contributed by atoms with Crippen LogP contribution in [0.15, 0.2) is 36.5 Å². The molecule has 2 aromatic rings. The van der Waals surface area contributed by atoms with Crippen LogP contribution >= 0.6 is 0 Å². The van der Waals surface area contributed by atoms with Gasteiger partial charge in [-0.2, -0.15) is 0 Å². The van der Waals surface area contributed by atoms with Gasteiger partial charge in [-0.25, -0.2) is 0 Å². The number of para-hydroxylation sites is 1. The van der Waals surface area contributed by atoms with E-state index in [2.05, 4.69) is 52.9 Å². The standard InChI is InChI=1S/C21H31N3O/c1-17(2)8-11-24-13-12-23(16-20(24)9-14-25)15-19-6-3-5-18-7-4-10-22-21(18)19/h3-7,10,17,20,25H,8-9,11-16H2,1-2H3/t20-/m0/s1. The van der Waals surface area contributed by atoms with E-state index in [1.807, 2.05) is 12.3 Å². The Morgan fingerprint density at radius 3 is 2.84 bits per heavy atom. The summed E-state index contributed by atoms with van der Waals surface area (Å²) >= 11 is 0. The van der Waals surface area contributed by atoms with E-state index >= 15 is 0 Å². The summed E-state index contributed by atoms with van der Waals surface area (Å²) in [6, 6.07) is 11.0. The minimum Gasteiger partial charge on any atom is -0.396 e. The number of rotatable bonds is 7. The highest BCUT2D eigenvalue weighted by Gasteiger charge is 2.26. The lowest BCUT2D eigenvalue weighted by molar-refractivity contribution is 0.0526. The lowest BCUT2D eigenvalue weighted by Crippen LogP contribution is -2.53. The molecule has 4 nitrogen and oxygen atoms in total. The van der Waals surface area contributed by atoms with Gasteiger partial charge in [-0.05, 0) is 36.9 Å². The molecule has 0 radical (unpaired) electrons. The fourth-order valence-corrected chi connectivity index (χ4v) is 3.78. The Hall–Kier alpha value is -1.49. The van der Waals surface area contributed by atoms with E-state index in [1.165, 1.54) is 17.4 Å². The van der Waals surface area contributed by atoms with Gasteiger partial charge in [0.05, 0.1) is 5.52 Å². The Morgan fingerprint density at radius 1 is 1.20 bits per heavy atom. The molecule has 1 aliphatic heterocycles. The Kier molecular flexibility index (Phi) is 6.40. The van der Waals surface area contributed by atoms with E-state index < -0.39 is 0 Å². The SMILES string of the molecule is CC(C)CCN1CCN(Cc2cccc3cccnc23)C[C@@H]1CCO.